The molecule has 1 fully saturated rings. The van der Waals surface area contributed by atoms with Gasteiger partial charge in [-0.05, 0) is 26.2 Å². The molecule has 1 saturated carbocycles. The van der Waals surface area contributed by atoms with E-state index in [0.717, 1.165) is 12.1 Å². The largest absolute Gasteiger partial charge is 0.331 e. The molecule has 0 radical (unpaired) electrons. The minimum absolute atomic E-state index is 0.00324. The molecule has 1 aliphatic carbocycles. The molecule has 1 aromatic heterocycles. The maximum Gasteiger partial charge on any atom is 0.245 e. The second-order valence-electron chi connectivity index (χ2n) is 9.14. The normalized spacial score (nSPS) is 15.4. The van der Waals surface area contributed by atoms with Crippen LogP contribution in [0.4, 0.5) is 5.82 Å². The van der Waals surface area contributed by atoms with Crippen LogP contribution >= 0.6 is 0 Å². The molecule has 1 heterocycles. The van der Waals surface area contributed by atoms with Gasteiger partial charge in [-0.15, -0.1) is 0 Å². The summed E-state index contributed by atoms with van der Waals surface area (Å²) in [7, 11) is 1.82. The zero-order chi connectivity index (χ0) is 20.2. The first kappa shape index (κ1) is 21.5. The van der Waals surface area contributed by atoms with Crippen LogP contribution in [0.1, 0.15) is 78.8 Å². The van der Waals surface area contributed by atoms with E-state index in [4.69, 9.17) is 0 Å². The summed E-state index contributed by atoms with van der Waals surface area (Å²) in [5, 5.41) is 7.39. The van der Waals surface area contributed by atoms with Crippen LogP contribution in [0.2, 0.25) is 0 Å². The van der Waals surface area contributed by atoms with Crippen molar-refractivity contribution in [2.75, 3.05) is 11.9 Å². The Morgan fingerprint density at radius 2 is 1.93 bits per heavy atom. The van der Waals surface area contributed by atoms with E-state index in [1.807, 2.05) is 27.0 Å². The summed E-state index contributed by atoms with van der Waals surface area (Å²) in [5.41, 5.74) is 0.842. The van der Waals surface area contributed by atoms with E-state index in [1.165, 1.54) is 25.7 Å². The van der Waals surface area contributed by atoms with Crippen LogP contribution in [-0.4, -0.2) is 39.1 Å². The van der Waals surface area contributed by atoms with Gasteiger partial charge in [0, 0.05) is 31.0 Å². The third-order valence-corrected chi connectivity index (χ3v) is 5.41. The molecule has 2 rings (SSSR count). The minimum Gasteiger partial charge on any atom is -0.331 e. The molecule has 0 spiro atoms. The van der Waals surface area contributed by atoms with Gasteiger partial charge in [-0.2, -0.15) is 5.10 Å². The standard InChI is InChI=1S/C21H36N4O2/c1-15(2)25(20(27)12-11-16-9-7-8-10-16)14-19(26)22-18-13-17(21(3,4)5)23-24(18)6/h13,15-16H,7-12,14H2,1-6H3,(H,22,26). The third-order valence-electron chi connectivity index (χ3n) is 5.41. The molecule has 27 heavy (non-hydrogen) atoms. The maximum absolute atomic E-state index is 12.7. The van der Waals surface area contributed by atoms with E-state index in [1.54, 1.807) is 9.58 Å². The number of aromatic nitrogens is 2. The zero-order valence-corrected chi connectivity index (χ0v) is 17.8. The summed E-state index contributed by atoms with van der Waals surface area (Å²) >= 11 is 0. The van der Waals surface area contributed by atoms with E-state index >= 15 is 0 Å². The van der Waals surface area contributed by atoms with Gasteiger partial charge >= 0.3 is 0 Å². The minimum atomic E-state index is -0.179. The molecule has 2 amide bonds. The first-order valence-electron chi connectivity index (χ1n) is 10.2. The van der Waals surface area contributed by atoms with Crippen LogP contribution in [0, 0.1) is 5.92 Å². The number of hydrogen-bond donors (Lipinski definition) is 1. The zero-order valence-electron chi connectivity index (χ0n) is 17.8. The quantitative estimate of drug-likeness (QED) is 0.786. The van der Waals surface area contributed by atoms with Gasteiger partial charge in [-0.25, -0.2) is 0 Å². The average Bonchev–Trinajstić information content (AvgIpc) is 3.20. The maximum atomic E-state index is 12.7. The van der Waals surface area contributed by atoms with Crippen LogP contribution < -0.4 is 5.32 Å². The van der Waals surface area contributed by atoms with Crippen molar-refractivity contribution < 1.29 is 9.59 Å². The number of nitrogens with zero attached hydrogens (tertiary/aromatic N) is 3. The predicted molar refractivity (Wildman–Crippen MR) is 109 cm³/mol. The first-order chi connectivity index (χ1) is 12.6. The first-order valence-corrected chi connectivity index (χ1v) is 10.2. The molecular formula is C21H36N4O2. The highest BCUT2D eigenvalue weighted by Gasteiger charge is 2.24. The van der Waals surface area contributed by atoms with Crippen molar-refractivity contribution in [2.24, 2.45) is 13.0 Å². The van der Waals surface area contributed by atoms with Gasteiger partial charge in [0.25, 0.3) is 0 Å². The van der Waals surface area contributed by atoms with E-state index in [9.17, 15) is 9.59 Å². The van der Waals surface area contributed by atoms with E-state index < -0.39 is 0 Å². The van der Waals surface area contributed by atoms with Gasteiger partial charge in [-0.3, -0.25) is 14.3 Å². The Morgan fingerprint density at radius 3 is 2.44 bits per heavy atom. The lowest BCUT2D eigenvalue weighted by Gasteiger charge is -2.26. The summed E-state index contributed by atoms with van der Waals surface area (Å²) < 4.78 is 1.68. The Bertz CT molecular complexity index is 652. The average molecular weight is 377 g/mol. The summed E-state index contributed by atoms with van der Waals surface area (Å²) in [4.78, 5) is 26.9. The van der Waals surface area contributed by atoms with E-state index in [-0.39, 0.29) is 29.8 Å². The molecule has 0 atom stereocenters. The van der Waals surface area contributed by atoms with Crippen molar-refractivity contribution in [1.82, 2.24) is 14.7 Å². The summed E-state index contributed by atoms with van der Waals surface area (Å²) in [6, 6.07) is 1.91. The fraction of sp³-hybridized carbons (Fsp3) is 0.762. The molecule has 0 unspecified atom stereocenters. The topological polar surface area (TPSA) is 67.2 Å². The Labute approximate surface area is 163 Å². The molecule has 0 aromatic carbocycles. The SMILES string of the molecule is CC(C)N(CC(=O)Nc1cc(C(C)(C)C)nn1C)C(=O)CCC1CCCC1. The molecule has 0 aliphatic heterocycles. The van der Waals surface area contributed by atoms with Crippen molar-refractivity contribution >= 4 is 17.6 Å². The monoisotopic (exact) mass is 376 g/mol. The second kappa shape index (κ2) is 8.89. The van der Waals surface area contributed by atoms with Gasteiger partial charge in [0.15, 0.2) is 0 Å². The van der Waals surface area contributed by atoms with Gasteiger partial charge in [0.1, 0.15) is 12.4 Å². The Morgan fingerprint density at radius 1 is 1.30 bits per heavy atom. The van der Waals surface area contributed by atoms with Crippen LogP contribution in [0.5, 0.6) is 0 Å². The molecule has 152 valence electrons. The fourth-order valence-corrected chi connectivity index (χ4v) is 3.62. The summed E-state index contributed by atoms with van der Waals surface area (Å²) in [6.07, 6.45) is 6.54. The van der Waals surface area contributed by atoms with Crippen LogP contribution in [0.3, 0.4) is 0 Å². The number of aryl methyl sites for hydroxylation is 1. The third kappa shape index (κ3) is 6.08. The number of carbonyl (C=O) groups excluding carboxylic acids is 2. The summed E-state index contributed by atoms with van der Waals surface area (Å²) in [5.74, 6) is 1.24. The molecule has 1 aromatic rings. The summed E-state index contributed by atoms with van der Waals surface area (Å²) in [6.45, 7) is 10.3. The Hall–Kier alpha value is -1.85. The van der Waals surface area contributed by atoms with Crippen LogP contribution in [0.15, 0.2) is 6.07 Å². The number of rotatable bonds is 7. The fourth-order valence-electron chi connectivity index (χ4n) is 3.62. The Balaban J connectivity index is 1.94. The van der Waals surface area contributed by atoms with Gasteiger partial charge in [0.2, 0.25) is 11.8 Å². The Kier molecular flexibility index (Phi) is 7.06. The number of nitrogens with one attached hydrogen (secondary N) is 1. The molecule has 1 N–H and O–H groups in total. The molecule has 0 bridgehead atoms. The highest BCUT2D eigenvalue weighted by Crippen LogP contribution is 2.29. The highest BCUT2D eigenvalue weighted by atomic mass is 16.2. The highest BCUT2D eigenvalue weighted by molar-refractivity contribution is 5.94. The number of carbonyl (C=O) groups is 2. The van der Waals surface area contributed by atoms with Crippen LogP contribution in [0.25, 0.3) is 0 Å². The lowest BCUT2D eigenvalue weighted by atomic mass is 9.92. The van der Waals surface area contributed by atoms with Gasteiger partial charge in [-0.1, -0.05) is 46.5 Å². The van der Waals surface area contributed by atoms with Crippen molar-refractivity contribution in [2.45, 2.75) is 84.6 Å². The predicted octanol–water partition coefficient (Wildman–Crippen LogP) is 3.86. The van der Waals surface area contributed by atoms with E-state index in [2.05, 4.69) is 31.2 Å². The second-order valence-corrected chi connectivity index (χ2v) is 9.14. The lowest BCUT2D eigenvalue weighted by Crippen LogP contribution is -2.42. The van der Waals surface area contributed by atoms with Crippen molar-refractivity contribution in [1.29, 1.82) is 0 Å². The molecule has 6 nitrogen and oxygen atoms in total. The van der Waals surface area contributed by atoms with Crippen molar-refractivity contribution in [3.05, 3.63) is 11.8 Å². The number of amides is 2. The van der Waals surface area contributed by atoms with Crippen LogP contribution in [-0.2, 0) is 22.1 Å². The van der Waals surface area contributed by atoms with Gasteiger partial charge in [0.05, 0.1) is 5.69 Å². The van der Waals surface area contributed by atoms with Crippen molar-refractivity contribution in [3.8, 4) is 0 Å². The van der Waals surface area contributed by atoms with E-state index in [0.29, 0.717) is 18.2 Å². The lowest BCUT2D eigenvalue weighted by molar-refractivity contribution is -0.136. The number of hydrogen-bond acceptors (Lipinski definition) is 3. The van der Waals surface area contributed by atoms with Gasteiger partial charge < -0.3 is 10.2 Å². The van der Waals surface area contributed by atoms with Crippen molar-refractivity contribution in [3.63, 3.8) is 0 Å². The molecular weight excluding hydrogens is 340 g/mol. The molecule has 0 saturated heterocycles. The number of anilines is 1. The molecule has 1 aliphatic rings. The smallest absolute Gasteiger partial charge is 0.245 e. The molecule has 6 heteroatoms.